The van der Waals surface area contributed by atoms with Gasteiger partial charge in [-0.1, -0.05) is 63.9 Å². The van der Waals surface area contributed by atoms with Crippen molar-refractivity contribution < 1.29 is 19.4 Å². The molecule has 1 aliphatic rings. The molecule has 3 heterocycles. The Morgan fingerprint density at radius 2 is 1.70 bits per heavy atom. The molecule has 1 saturated carbocycles. The molecule has 2 atom stereocenters. The zero-order chi connectivity index (χ0) is 33.8. The second-order valence-corrected chi connectivity index (χ2v) is 27.4. The van der Waals surface area contributed by atoms with Crippen LogP contribution in [0.3, 0.4) is 0 Å². The van der Waals surface area contributed by atoms with Crippen LogP contribution < -0.4 is 4.90 Å². The van der Waals surface area contributed by atoms with Gasteiger partial charge in [0.05, 0.1) is 21.9 Å². The number of aromatic nitrogens is 4. The van der Waals surface area contributed by atoms with Crippen molar-refractivity contribution in [2.45, 2.75) is 89.4 Å². The number of halogens is 1. The summed E-state index contributed by atoms with van der Waals surface area (Å²) in [7, 11) is -2.55. The number of hydrogen-bond acceptors (Lipinski definition) is 7. The first kappa shape index (κ1) is 35.7. The van der Waals surface area contributed by atoms with Crippen LogP contribution in [0.5, 0.6) is 0 Å². The number of benzene rings is 1. The lowest BCUT2D eigenvalue weighted by atomic mass is 9.78. The molecule has 5 rings (SSSR count). The lowest BCUT2D eigenvalue weighted by Crippen LogP contribution is -2.34. The Bertz CT molecular complexity index is 1660. The van der Waals surface area contributed by atoms with Gasteiger partial charge in [0, 0.05) is 64.4 Å². The predicted octanol–water partition coefficient (Wildman–Crippen LogP) is 8.89. The molecule has 2 unspecified atom stereocenters. The third-order valence-electron chi connectivity index (χ3n) is 8.91. The van der Waals surface area contributed by atoms with Crippen LogP contribution in [0.25, 0.3) is 27.7 Å². The average molecular weight is 741 g/mol. The van der Waals surface area contributed by atoms with Crippen LogP contribution in [0.15, 0.2) is 47.2 Å². The normalized spacial score (nSPS) is 17.4. The first-order valence-electron chi connectivity index (χ1n) is 16.8. The third kappa shape index (κ3) is 9.50. The Morgan fingerprint density at radius 1 is 1.02 bits per heavy atom. The first-order valence-corrected chi connectivity index (χ1v) is 25.0. The van der Waals surface area contributed by atoms with Gasteiger partial charge < -0.3 is 19.5 Å². The van der Waals surface area contributed by atoms with E-state index in [1.165, 1.54) is 0 Å². The Hall–Kier alpha value is -2.65. The molecule has 0 amide bonds. The van der Waals surface area contributed by atoms with Crippen molar-refractivity contribution in [2.24, 2.45) is 5.92 Å². The molecule has 1 fully saturated rings. The summed E-state index contributed by atoms with van der Waals surface area (Å²) in [5.41, 5.74) is 4.46. The fourth-order valence-electron chi connectivity index (χ4n) is 6.18. The summed E-state index contributed by atoms with van der Waals surface area (Å²) in [5.74, 6) is 0.343. The molecule has 3 aromatic heterocycles. The number of ether oxygens (including phenoxy) is 2. The van der Waals surface area contributed by atoms with E-state index in [1.54, 1.807) is 0 Å². The molecule has 1 aliphatic carbocycles. The van der Waals surface area contributed by atoms with E-state index in [9.17, 15) is 9.90 Å². The van der Waals surface area contributed by atoms with Crippen molar-refractivity contribution >= 4 is 60.4 Å². The largest absolute Gasteiger partial charge is 0.481 e. The van der Waals surface area contributed by atoms with Crippen molar-refractivity contribution in [3.8, 4) is 11.1 Å². The van der Waals surface area contributed by atoms with Crippen LogP contribution in [0.4, 0.5) is 5.82 Å². The lowest BCUT2D eigenvalue weighted by molar-refractivity contribution is -0.138. The van der Waals surface area contributed by atoms with E-state index in [4.69, 9.17) is 24.5 Å². The zero-order valence-corrected chi connectivity index (χ0v) is 32.3. The number of pyridine rings is 1. The fraction of sp³-hybridized carbons (Fsp3) is 0.543. The van der Waals surface area contributed by atoms with E-state index in [0.29, 0.717) is 26.7 Å². The maximum absolute atomic E-state index is 11.7. The molecule has 47 heavy (non-hydrogen) atoms. The first-order chi connectivity index (χ1) is 22.3. The quantitative estimate of drug-likeness (QED) is 0.0733. The van der Waals surface area contributed by atoms with Gasteiger partial charge in [0.2, 0.25) is 0 Å². The summed E-state index contributed by atoms with van der Waals surface area (Å²) in [6.45, 7) is 16.2. The minimum atomic E-state index is -1.27. The highest BCUT2D eigenvalue weighted by atomic mass is 79.9. The number of nitrogens with zero attached hydrogens (tertiary/aromatic N) is 5. The molecular weight excluding hydrogens is 690 g/mol. The molecule has 1 N–H and O–H groups in total. The van der Waals surface area contributed by atoms with E-state index in [-0.39, 0.29) is 18.3 Å². The number of para-hydroxylation sites is 1. The molecule has 12 heteroatoms. The van der Waals surface area contributed by atoms with Crippen LogP contribution in [0.1, 0.15) is 43.7 Å². The van der Waals surface area contributed by atoms with E-state index < -0.39 is 22.1 Å². The number of hydrogen-bond donors (Lipinski definition) is 1. The van der Waals surface area contributed by atoms with Crippen molar-refractivity contribution in [1.82, 2.24) is 19.6 Å². The molecule has 0 aliphatic heterocycles. The van der Waals surface area contributed by atoms with Gasteiger partial charge in [-0.05, 0) is 65.3 Å². The van der Waals surface area contributed by atoms with Crippen molar-refractivity contribution in [3.05, 3.63) is 52.9 Å². The lowest BCUT2D eigenvalue weighted by Gasteiger charge is -2.31. The van der Waals surface area contributed by atoms with Crippen molar-refractivity contribution in [2.75, 3.05) is 31.6 Å². The number of rotatable bonds is 15. The van der Waals surface area contributed by atoms with Crippen LogP contribution >= 0.6 is 15.9 Å². The molecule has 0 bridgehead atoms. The van der Waals surface area contributed by atoms with Gasteiger partial charge in [0.15, 0.2) is 11.5 Å². The van der Waals surface area contributed by atoms with Gasteiger partial charge in [-0.15, -0.1) is 0 Å². The number of carbonyl (C=O) groups is 1. The predicted molar refractivity (Wildman–Crippen MR) is 199 cm³/mol. The number of anilines is 1. The number of carboxylic acids is 1. The Labute approximate surface area is 289 Å². The van der Waals surface area contributed by atoms with Crippen LogP contribution in [-0.2, 0) is 14.3 Å². The summed E-state index contributed by atoms with van der Waals surface area (Å²) in [5, 5.41) is 15.5. The van der Waals surface area contributed by atoms with Crippen LogP contribution in [-0.4, -0.2) is 73.5 Å². The Morgan fingerprint density at radius 3 is 2.36 bits per heavy atom. The van der Waals surface area contributed by atoms with Crippen molar-refractivity contribution in [3.63, 3.8) is 0 Å². The van der Waals surface area contributed by atoms with Gasteiger partial charge in [-0.3, -0.25) is 9.78 Å². The molecule has 4 aromatic rings. The minimum absolute atomic E-state index is 0.117. The smallest absolute Gasteiger partial charge is 0.303 e. The van der Waals surface area contributed by atoms with Gasteiger partial charge in [0.1, 0.15) is 13.5 Å². The van der Waals surface area contributed by atoms with Gasteiger partial charge in [-0.2, -0.15) is 9.61 Å². The highest BCUT2D eigenvalue weighted by Crippen LogP contribution is 2.43. The zero-order valence-electron chi connectivity index (χ0n) is 28.8. The fourth-order valence-corrected chi connectivity index (χ4v) is 8.52. The van der Waals surface area contributed by atoms with Gasteiger partial charge in [0.25, 0.3) is 0 Å². The third-order valence-corrected chi connectivity index (χ3v) is 13.1. The Balaban J connectivity index is 1.59. The highest BCUT2D eigenvalue weighted by Gasteiger charge is 2.31. The second kappa shape index (κ2) is 15.3. The second-order valence-electron chi connectivity index (χ2n) is 15.4. The number of aliphatic carboxylic acids is 1. The van der Waals surface area contributed by atoms with Crippen LogP contribution in [0.2, 0.25) is 51.4 Å². The number of carboxylic acid groups (broad SMARTS) is 1. The molecule has 1 aromatic carbocycles. The molecule has 0 radical (unpaired) electrons. The average Bonchev–Trinajstić information content (AvgIpc) is 3.42. The molecular formula is C35H50BrN5O4Si2. The van der Waals surface area contributed by atoms with E-state index in [2.05, 4.69) is 72.2 Å². The maximum atomic E-state index is 11.7. The number of fused-ring (bicyclic) bond motifs is 2. The van der Waals surface area contributed by atoms with E-state index >= 15 is 0 Å². The summed E-state index contributed by atoms with van der Waals surface area (Å²) in [6.07, 6.45) is 7.60. The molecule has 254 valence electrons. The maximum Gasteiger partial charge on any atom is 0.303 e. The van der Waals surface area contributed by atoms with Gasteiger partial charge >= 0.3 is 5.97 Å². The Kier molecular flexibility index (Phi) is 11.6. The molecule has 9 nitrogen and oxygen atoms in total. The molecule has 0 saturated heterocycles. The monoisotopic (exact) mass is 739 g/mol. The van der Waals surface area contributed by atoms with Crippen LogP contribution in [0, 0.1) is 5.92 Å². The highest BCUT2D eigenvalue weighted by molar-refractivity contribution is 9.10. The summed E-state index contributed by atoms with van der Waals surface area (Å²) in [6, 6.07) is 12.4. The van der Waals surface area contributed by atoms with E-state index in [0.717, 1.165) is 81.4 Å². The SMILES string of the molecule is C[Si](C)(C)CCOCN(COCC[Si](C)(C)C)c1c(Br)c(C2CCCC(CC(=O)O)C2)nc2c(-c3cnc4ccccc4c3)cnn12. The standard InChI is InChI=1S/C35H50BrN5O4Si2/c1-46(2,3)16-14-44-23-40(24-45-15-17-47(4,5)6)35-32(36)33(27-12-9-10-25(18-27)19-31(42)43)39-34-29(22-38-41(34)35)28-20-26-11-7-8-13-30(26)37-21-28/h7-8,11,13,20-22,25,27H,9-10,12,14-19,23-24H2,1-6H3,(H,42,43). The van der Waals surface area contributed by atoms with Gasteiger partial charge in [-0.25, -0.2) is 4.98 Å². The topological polar surface area (TPSA) is 102 Å². The van der Waals surface area contributed by atoms with E-state index in [1.807, 2.05) is 35.1 Å². The summed E-state index contributed by atoms with van der Waals surface area (Å²) in [4.78, 5) is 23.8. The summed E-state index contributed by atoms with van der Waals surface area (Å²) >= 11 is 4.00. The minimum Gasteiger partial charge on any atom is -0.481 e. The van der Waals surface area contributed by atoms with Crippen molar-refractivity contribution in [1.29, 1.82) is 0 Å². The summed E-state index contributed by atoms with van der Waals surface area (Å²) < 4.78 is 15.5. The molecule has 0 spiro atoms.